The summed E-state index contributed by atoms with van der Waals surface area (Å²) in [5.41, 5.74) is 4.42. The number of likely N-dealkylation sites (tertiary alicyclic amines) is 1. The van der Waals surface area contributed by atoms with Crippen LogP contribution in [-0.4, -0.2) is 56.7 Å². The summed E-state index contributed by atoms with van der Waals surface area (Å²) < 4.78 is 0. The predicted octanol–water partition coefficient (Wildman–Crippen LogP) is 2.17. The summed E-state index contributed by atoms with van der Waals surface area (Å²) in [6.07, 6.45) is 2.49. The largest absolute Gasteiger partial charge is 0.373 e. The fourth-order valence-electron chi connectivity index (χ4n) is 3.99. The number of anilines is 1. The van der Waals surface area contributed by atoms with Gasteiger partial charge in [0.25, 0.3) is 5.91 Å². The number of thiazole rings is 1. The Morgan fingerprint density at radius 2 is 2.11 bits per heavy atom. The summed E-state index contributed by atoms with van der Waals surface area (Å²) in [6.45, 7) is 5.30. The minimum absolute atomic E-state index is 0.000177. The third kappa shape index (κ3) is 3.23. The van der Waals surface area contributed by atoms with E-state index in [2.05, 4.69) is 10.3 Å². The van der Waals surface area contributed by atoms with Crippen molar-refractivity contribution in [1.82, 2.24) is 24.8 Å². The van der Waals surface area contributed by atoms with Crippen LogP contribution in [0, 0.1) is 6.92 Å². The Balaban J connectivity index is 1.68. The first-order chi connectivity index (χ1) is 13.5. The molecule has 1 fully saturated rings. The van der Waals surface area contributed by atoms with Crippen LogP contribution in [0.2, 0.25) is 0 Å². The van der Waals surface area contributed by atoms with Gasteiger partial charge in [0.15, 0.2) is 5.82 Å². The number of nitrogens with one attached hydrogen (secondary N) is 1. The second-order valence-corrected chi connectivity index (χ2v) is 8.07. The van der Waals surface area contributed by atoms with E-state index in [4.69, 9.17) is 9.97 Å². The molecule has 0 spiro atoms. The van der Waals surface area contributed by atoms with E-state index in [1.807, 2.05) is 18.9 Å². The van der Waals surface area contributed by atoms with Gasteiger partial charge in [0.05, 0.1) is 29.5 Å². The average molecular weight is 401 g/mol. The minimum Gasteiger partial charge on any atom is -0.373 e. The maximum absolute atomic E-state index is 13.1. The normalized spacial score (nSPS) is 18.9. The Kier molecular flexibility index (Phi) is 5.01. The zero-order valence-corrected chi connectivity index (χ0v) is 17.2. The highest BCUT2D eigenvalue weighted by atomic mass is 32.1. The zero-order chi connectivity index (χ0) is 19.8. The molecule has 2 aromatic heterocycles. The van der Waals surface area contributed by atoms with Gasteiger partial charge in [-0.1, -0.05) is 0 Å². The smallest absolute Gasteiger partial charge is 0.266 e. The topological polar surface area (TPSA) is 91.3 Å². The van der Waals surface area contributed by atoms with Crippen molar-refractivity contribution in [1.29, 1.82) is 0 Å². The van der Waals surface area contributed by atoms with E-state index in [0.29, 0.717) is 30.3 Å². The fourth-order valence-corrected chi connectivity index (χ4v) is 4.75. The van der Waals surface area contributed by atoms with Gasteiger partial charge in [-0.15, -0.1) is 11.3 Å². The molecular formula is C19H24N6O2S. The number of fused-ring (bicyclic) bond motifs is 1. The molecule has 148 valence electrons. The van der Waals surface area contributed by atoms with E-state index in [1.165, 1.54) is 11.3 Å². The maximum atomic E-state index is 13.1. The SMILES string of the molecule is CNc1nc([C@H]2CCCN2C(=O)c2scnc2C)nc2c1CCN(C(C)=O)C2. The summed E-state index contributed by atoms with van der Waals surface area (Å²) in [7, 11) is 1.85. The molecule has 1 saturated heterocycles. The first-order valence-corrected chi connectivity index (χ1v) is 10.4. The third-order valence-electron chi connectivity index (χ3n) is 5.52. The van der Waals surface area contributed by atoms with Crippen LogP contribution in [-0.2, 0) is 17.8 Å². The van der Waals surface area contributed by atoms with Crippen LogP contribution in [0.5, 0.6) is 0 Å². The van der Waals surface area contributed by atoms with Crippen molar-refractivity contribution in [3.63, 3.8) is 0 Å². The second-order valence-electron chi connectivity index (χ2n) is 7.22. The number of hydrogen-bond donors (Lipinski definition) is 1. The van der Waals surface area contributed by atoms with E-state index in [1.54, 1.807) is 17.3 Å². The van der Waals surface area contributed by atoms with Gasteiger partial charge >= 0.3 is 0 Å². The number of carbonyl (C=O) groups excluding carboxylic acids is 2. The van der Waals surface area contributed by atoms with Crippen LogP contribution in [0.25, 0.3) is 0 Å². The maximum Gasteiger partial charge on any atom is 0.266 e. The summed E-state index contributed by atoms with van der Waals surface area (Å²) in [5, 5.41) is 3.18. The van der Waals surface area contributed by atoms with E-state index >= 15 is 0 Å². The van der Waals surface area contributed by atoms with Crippen LogP contribution < -0.4 is 5.32 Å². The Morgan fingerprint density at radius 3 is 2.79 bits per heavy atom. The van der Waals surface area contributed by atoms with Crippen molar-refractivity contribution in [2.75, 3.05) is 25.5 Å². The fraction of sp³-hybridized carbons (Fsp3) is 0.526. The Labute approximate surface area is 168 Å². The van der Waals surface area contributed by atoms with Crippen LogP contribution >= 0.6 is 11.3 Å². The molecule has 2 aliphatic rings. The first-order valence-electron chi connectivity index (χ1n) is 9.53. The molecule has 2 aromatic rings. The van der Waals surface area contributed by atoms with Crippen molar-refractivity contribution < 1.29 is 9.59 Å². The van der Waals surface area contributed by atoms with Crippen LogP contribution in [0.4, 0.5) is 5.82 Å². The number of aryl methyl sites for hydroxylation is 1. The molecule has 2 amide bonds. The standard InChI is InChI=1S/C19H24N6O2S/c1-11-16(28-10-21-11)19(27)25-7-4-5-15(25)18-22-14-9-24(12(2)26)8-6-13(14)17(20-3)23-18/h10,15H,4-9H2,1-3H3,(H,20,22,23)/t15-/m1/s1. The molecule has 4 rings (SSSR count). The van der Waals surface area contributed by atoms with Gasteiger partial charge in [0, 0.05) is 32.6 Å². The van der Waals surface area contributed by atoms with E-state index in [-0.39, 0.29) is 17.9 Å². The summed E-state index contributed by atoms with van der Waals surface area (Å²) in [4.78, 5) is 43.0. The van der Waals surface area contributed by atoms with Crippen LogP contribution in [0.3, 0.4) is 0 Å². The van der Waals surface area contributed by atoms with Crippen molar-refractivity contribution >= 4 is 29.0 Å². The lowest BCUT2D eigenvalue weighted by molar-refractivity contribution is -0.129. The lowest BCUT2D eigenvalue weighted by Gasteiger charge is -2.30. The lowest BCUT2D eigenvalue weighted by atomic mass is 10.0. The molecule has 2 aliphatic heterocycles. The molecule has 0 radical (unpaired) electrons. The Hall–Kier alpha value is -2.55. The van der Waals surface area contributed by atoms with Gasteiger partial charge in [0.1, 0.15) is 10.7 Å². The van der Waals surface area contributed by atoms with Gasteiger partial charge in [-0.2, -0.15) is 0 Å². The number of amides is 2. The van der Waals surface area contributed by atoms with Crippen molar-refractivity contribution in [2.24, 2.45) is 0 Å². The molecule has 8 nitrogen and oxygen atoms in total. The van der Waals surface area contributed by atoms with Gasteiger partial charge in [0.2, 0.25) is 5.91 Å². The zero-order valence-electron chi connectivity index (χ0n) is 16.4. The van der Waals surface area contributed by atoms with E-state index < -0.39 is 0 Å². The molecule has 1 atom stereocenters. The molecule has 0 saturated carbocycles. The molecule has 0 unspecified atom stereocenters. The number of nitrogens with zero attached hydrogens (tertiary/aromatic N) is 5. The van der Waals surface area contributed by atoms with Crippen LogP contribution in [0.1, 0.15) is 58.3 Å². The van der Waals surface area contributed by atoms with Crippen molar-refractivity contribution in [2.45, 2.75) is 45.7 Å². The molecule has 0 bridgehead atoms. The highest BCUT2D eigenvalue weighted by Crippen LogP contribution is 2.34. The predicted molar refractivity (Wildman–Crippen MR) is 106 cm³/mol. The van der Waals surface area contributed by atoms with Gasteiger partial charge in [-0.25, -0.2) is 15.0 Å². The molecule has 0 aliphatic carbocycles. The summed E-state index contributed by atoms with van der Waals surface area (Å²) >= 11 is 1.38. The van der Waals surface area contributed by atoms with Crippen LogP contribution in [0.15, 0.2) is 5.51 Å². The van der Waals surface area contributed by atoms with Crippen molar-refractivity contribution in [3.8, 4) is 0 Å². The number of aromatic nitrogens is 3. The number of hydrogen-bond acceptors (Lipinski definition) is 7. The molecule has 4 heterocycles. The Morgan fingerprint density at radius 1 is 1.29 bits per heavy atom. The summed E-state index contributed by atoms with van der Waals surface area (Å²) in [6, 6.07) is -0.154. The molecular weight excluding hydrogens is 376 g/mol. The quantitative estimate of drug-likeness (QED) is 0.849. The number of carbonyl (C=O) groups is 2. The van der Waals surface area contributed by atoms with Gasteiger partial charge in [-0.05, 0) is 26.2 Å². The van der Waals surface area contributed by atoms with Gasteiger partial charge in [-0.3, -0.25) is 9.59 Å². The Bertz CT molecular complexity index is 927. The molecule has 0 aromatic carbocycles. The van der Waals surface area contributed by atoms with E-state index in [0.717, 1.165) is 42.0 Å². The highest BCUT2D eigenvalue weighted by molar-refractivity contribution is 7.11. The summed E-state index contributed by atoms with van der Waals surface area (Å²) in [5.74, 6) is 1.51. The average Bonchev–Trinajstić information content (AvgIpc) is 3.35. The minimum atomic E-state index is -0.154. The second kappa shape index (κ2) is 7.46. The van der Waals surface area contributed by atoms with E-state index in [9.17, 15) is 9.59 Å². The monoisotopic (exact) mass is 400 g/mol. The van der Waals surface area contributed by atoms with Crippen molar-refractivity contribution in [3.05, 3.63) is 33.2 Å². The van der Waals surface area contributed by atoms with Gasteiger partial charge < -0.3 is 15.1 Å². The lowest BCUT2D eigenvalue weighted by Crippen LogP contribution is -2.36. The third-order valence-corrected chi connectivity index (χ3v) is 6.43. The molecule has 1 N–H and O–H groups in total. The molecule has 9 heteroatoms. The number of rotatable bonds is 3. The molecule has 28 heavy (non-hydrogen) atoms. The first kappa shape index (κ1) is 18.8. The highest BCUT2D eigenvalue weighted by Gasteiger charge is 2.35.